The van der Waals surface area contributed by atoms with Crippen LogP contribution in [0.25, 0.3) is 0 Å². The van der Waals surface area contributed by atoms with Crippen molar-refractivity contribution >= 4 is 11.9 Å². The van der Waals surface area contributed by atoms with Gasteiger partial charge in [0, 0.05) is 58.1 Å². The Morgan fingerprint density at radius 2 is 1.80 bits per heavy atom. The molecule has 0 unspecified atom stereocenters. The van der Waals surface area contributed by atoms with Crippen LogP contribution in [-0.2, 0) is 11.3 Å². The highest BCUT2D eigenvalue weighted by atomic mass is 16.5. The predicted molar refractivity (Wildman–Crippen MR) is 114 cm³/mol. The number of aromatic nitrogens is 2. The molecule has 30 heavy (non-hydrogen) atoms. The number of fused-ring (bicyclic) bond motifs is 2. The largest absolute Gasteiger partial charge is 0.497 e. The SMILES string of the molecule is COc1ccc(CN2CCC3(CC2)[C@H]2CN(c4ncccn4)C[C@H]2C(=O)N3C)cc1. The van der Waals surface area contributed by atoms with Gasteiger partial charge in [-0.15, -0.1) is 0 Å². The summed E-state index contributed by atoms with van der Waals surface area (Å²) in [6.45, 7) is 4.55. The zero-order chi connectivity index (χ0) is 20.7. The van der Waals surface area contributed by atoms with Crippen molar-refractivity contribution in [1.82, 2.24) is 19.8 Å². The number of benzene rings is 1. The molecule has 0 radical (unpaired) electrons. The molecule has 3 aliphatic heterocycles. The Balaban J connectivity index is 1.28. The maximum atomic E-state index is 13.1. The standard InChI is InChI=1S/C23H29N5O2/c1-26-21(29)19-15-28(22-24-10-3-11-25-22)16-20(19)23(26)8-12-27(13-9-23)14-17-4-6-18(30-2)7-5-17/h3-7,10-11,19-20H,8-9,12-16H2,1-2H3/t19-,20+/m1/s1. The molecule has 4 heterocycles. The maximum Gasteiger partial charge on any atom is 0.228 e. The molecule has 0 N–H and O–H groups in total. The van der Waals surface area contributed by atoms with E-state index < -0.39 is 0 Å². The van der Waals surface area contributed by atoms with Crippen LogP contribution < -0.4 is 9.64 Å². The summed E-state index contributed by atoms with van der Waals surface area (Å²) >= 11 is 0. The lowest BCUT2D eigenvalue weighted by atomic mass is 9.75. The molecule has 1 amide bonds. The van der Waals surface area contributed by atoms with E-state index in [0.717, 1.165) is 57.3 Å². The average molecular weight is 408 g/mol. The van der Waals surface area contributed by atoms with Gasteiger partial charge in [0.05, 0.1) is 18.6 Å². The van der Waals surface area contributed by atoms with Crippen LogP contribution in [-0.4, -0.2) is 71.6 Å². The minimum atomic E-state index is -0.0400. The fraction of sp³-hybridized carbons (Fsp3) is 0.522. The van der Waals surface area contributed by atoms with Crippen molar-refractivity contribution in [3.8, 4) is 5.75 Å². The first-order chi connectivity index (χ1) is 14.6. The lowest BCUT2D eigenvalue weighted by molar-refractivity contribution is -0.133. The van der Waals surface area contributed by atoms with E-state index in [1.165, 1.54) is 5.56 Å². The number of likely N-dealkylation sites (tertiary alicyclic amines) is 2. The summed E-state index contributed by atoms with van der Waals surface area (Å²) in [7, 11) is 3.71. The molecule has 158 valence electrons. The number of carbonyl (C=O) groups is 1. The van der Waals surface area contributed by atoms with E-state index in [4.69, 9.17) is 4.74 Å². The summed E-state index contributed by atoms with van der Waals surface area (Å²) in [5.74, 6) is 2.34. The Morgan fingerprint density at radius 1 is 1.10 bits per heavy atom. The molecule has 0 saturated carbocycles. The number of carbonyl (C=O) groups excluding carboxylic acids is 1. The molecule has 7 nitrogen and oxygen atoms in total. The van der Waals surface area contributed by atoms with Gasteiger partial charge in [-0.3, -0.25) is 9.69 Å². The van der Waals surface area contributed by atoms with Crippen LogP contribution in [0.3, 0.4) is 0 Å². The van der Waals surface area contributed by atoms with Gasteiger partial charge < -0.3 is 14.5 Å². The number of hydrogen-bond donors (Lipinski definition) is 0. The molecule has 3 saturated heterocycles. The highest BCUT2D eigenvalue weighted by Crippen LogP contribution is 2.49. The number of ether oxygens (including phenoxy) is 1. The molecular weight excluding hydrogens is 378 g/mol. The summed E-state index contributed by atoms with van der Waals surface area (Å²) in [5.41, 5.74) is 1.26. The van der Waals surface area contributed by atoms with Crippen LogP contribution in [0.1, 0.15) is 18.4 Å². The molecule has 1 aromatic carbocycles. The molecule has 1 spiro atoms. The second kappa shape index (κ2) is 7.54. The third kappa shape index (κ3) is 3.12. The third-order valence-electron chi connectivity index (χ3n) is 7.45. The van der Waals surface area contributed by atoms with Gasteiger partial charge in [-0.05, 0) is 36.6 Å². The average Bonchev–Trinajstić information content (AvgIpc) is 3.32. The molecule has 7 heteroatoms. The summed E-state index contributed by atoms with van der Waals surface area (Å²) < 4.78 is 5.26. The number of anilines is 1. The fourth-order valence-electron chi connectivity index (χ4n) is 5.73. The summed E-state index contributed by atoms with van der Waals surface area (Å²) in [6, 6.07) is 10.2. The van der Waals surface area contributed by atoms with Crippen molar-refractivity contribution in [1.29, 1.82) is 0 Å². The molecule has 3 aliphatic rings. The summed E-state index contributed by atoms with van der Waals surface area (Å²) in [4.78, 5) is 28.7. The fourth-order valence-corrected chi connectivity index (χ4v) is 5.73. The van der Waals surface area contributed by atoms with Gasteiger partial charge in [0.1, 0.15) is 5.75 Å². The molecule has 0 bridgehead atoms. The third-order valence-corrected chi connectivity index (χ3v) is 7.45. The normalized spacial score (nSPS) is 25.7. The van der Waals surface area contributed by atoms with E-state index in [9.17, 15) is 4.79 Å². The smallest absolute Gasteiger partial charge is 0.228 e. The molecule has 3 fully saturated rings. The minimum absolute atomic E-state index is 0.0400. The summed E-state index contributed by atoms with van der Waals surface area (Å²) in [5, 5.41) is 0. The Kier molecular flexibility index (Phi) is 4.85. The highest BCUT2D eigenvalue weighted by molar-refractivity contribution is 5.84. The van der Waals surface area contributed by atoms with Crippen LogP contribution >= 0.6 is 0 Å². The molecule has 2 atom stereocenters. The Bertz CT molecular complexity index is 896. The number of rotatable bonds is 4. The van der Waals surface area contributed by atoms with Crippen molar-refractivity contribution in [2.24, 2.45) is 11.8 Å². The van der Waals surface area contributed by atoms with Crippen LogP contribution in [0.15, 0.2) is 42.7 Å². The molecule has 2 aromatic rings. The van der Waals surface area contributed by atoms with E-state index in [0.29, 0.717) is 11.8 Å². The van der Waals surface area contributed by atoms with Crippen LogP contribution in [0.4, 0.5) is 5.95 Å². The van der Waals surface area contributed by atoms with E-state index in [1.807, 2.05) is 25.2 Å². The number of hydrogen-bond acceptors (Lipinski definition) is 6. The van der Waals surface area contributed by atoms with Crippen LogP contribution in [0.2, 0.25) is 0 Å². The van der Waals surface area contributed by atoms with E-state index >= 15 is 0 Å². The van der Waals surface area contributed by atoms with Crippen LogP contribution in [0, 0.1) is 11.8 Å². The zero-order valence-electron chi connectivity index (χ0n) is 17.7. The number of amides is 1. The topological polar surface area (TPSA) is 61.8 Å². The molecule has 1 aromatic heterocycles. The Labute approximate surface area is 177 Å². The predicted octanol–water partition coefficient (Wildman–Crippen LogP) is 2.04. The van der Waals surface area contributed by atoms with Gasteiger partial charge >= 0.3 is 0 Å². The van der Waals surface area contributed by atoms with Gasteiger partial charge in [-0.2, -0.15) is 0 Å². The Morgan fingerprint density at radius 3 is 2.47 bits per heavy atom. The van der Waals surface area contributed by atoms with Crippen molar-refractivity contribution in [3.63, 3.8) is 0 Å². The monoisotopic (exact) mass is 407 g/mol. The van der Waals surface area contributed by atoms with E-state index in [2.05, 4.69) is 36.8 Å². The maximum absolute atomic E-state index is 13.1. The first kappa shape index (κ1) is 19.3. The Hall–Kier alpha value is -2.67. The zero-order valence-corrected chi connectivity index (χ0v) is 17.7. The number of piperidine rings is 1. The van der Waals surface area contributed by atoms with Crippen molar-refractivity contribution in [2.45, 2.75) is 24.9 Å². The van der Waals surface area contributed by atoms with Gasteiger partial charge in [-0.25, -0.2) is 9.97 Å². The van der Waals surface area contributed by atoms with Gasteiger partial charge in [-0.1, -0.05) is 12.1 Å². The number of nitrogens with zero attached hydrogens (tertiary/aromatic N) is 5. The van der Waals surface area contributed by atoms with Gasteiger partial charge in [0.25, 0.3) is 0 Å². The highest BCUT2D eigenvalue weighted by Gasteiger charge is 2.60. The first-order valence-electron chi connectivity index (χ1n) is 10.8. The van der Waals surface area contributed by atoms with E-state index in [-0.39, 0.29) is 11.5 Å². The lowest BCUT2D eigenvalue weighted by Gasteiger charge is -2.46. The second-order valence-corrected chi connectivity index (χ2v) is 8.79. The molecule has 0 aliphatic carbocycles. The van der Waals surface area contributed by atoms with Crippen LogP contribution in [0.5, 0.6) is 5.75 Å². The molecule has 5 rings (SSSR count). The van der Waals surface area contributed by atoms with Crippen molar-refractivity contribution < 1.29 is 9.53 Å². The molecular formula is C23H29N5O2. The van der Waals surface area contributed by atoms with Gasteiger partial charge in [0.2, 0.25) is 11.9 Å². The van der Waals surface area contributed by atoms with Crippen molar-refractivity contribution in [3.05, 3.63) is 48.3 Å². The lowest BCUT2D eigenvalue weighted by Crippen LogP contribution is -2.55. The summed E-state index contributed by atoms with van der Waals surface area (Å²) in [6.07, 6.45) is 5.60. The van der Waals surface area contributed by atoms with Gasteiger partial charge in [0.15, 0.2) is 0 Å². The quantitative estimate of drug-likeness (QED) is 0.773. The first-order valence-corrected chi connectivity index (χ1v) is 10.8. The van der Waals surface area contributed by atoms with E-state index in [1.54, 1.807) is 19.5 Å². The second-order valence-electron chi connectivity index (χ2n) is 8.79. The van der Waals surface area contributed by atoms with Crippen molar-refractivity contribution in [2.75, 3.05) is 45.2 Å². The number of methoxy groups -OCH3 is 1. The minimum Gasteiger partial charge on any atom is -0.497 e.